The summed E-state index contributed by atoms with van der Waals surface area (Å²) in [6, 6.07) is 4.80. The van der Waals surface area contributed by atoms with Gasteiger partial charge in [-0.05, 0) is 38.4 Å². The van der Waals surface area contributed by atoms with Gasteiger partial charge in [0.25, 0.3) is 0 Å². The number of hydrogen-bond acceptors (Lipinski definition) is 4. The lowest BCUT2D eigenvalue weighted by molar-refractivity contribution is 0.178. The van der Waals surface area contributed by atoms with Crippen LogP contribution in [0.25, 0.3) is 0 Å². The highest BCUT2D eigenvalue weighted by atomic mass is 35.5. The number of rotatable bonds is 3. The number of aromatic nitrogens is 2. The van der Waals surface area contributed by atoms with E-state index in [0.29, 0.717) is 28.8 Å². The van der Waals surface area contributed by atoms with E-state index < -0.39 is 0 Å². The van der Waals surface area contributed by atoms with E-state index in [1.165, 1.54) is 6.07 Å². The maximum absolute atomic E-state index is 13.9. The molecule has 1 aromatic carbocycles. The van der Waals surface area contributed by atoms with Gasteiger partial charge in [0.15, 0.2) is 5.82 Å². The van der Waals surface area contributed by atoms with Crippen molar-refractivity contribution >= 4 is 11.6 Å². The van der Waals surface area contributed by atoms with Crippen LogP contribution in [0.1, 0.15) is 36.0 Å². The number of nitrogens with zero attached hydrogens (tertiary/aromatic N) is 3. The Bertz CT molecular complexity index is 611. The van der Waals surface area contributed by atoms with Crippen LogP contribution in [-0.4, -0.2) is 28.1 Å². The van der Waals surface area contributed by atoms with Crippen molar-refractivity contribution in [3.05, 3.63) is 46.3 Å². The van der Waals surface area contributed by atoms with Gasteiger partial charge in [0.05, 0.1) is 5.92 Å². The van der Waals surface area contributed by atoms with Crippen LogP contribution in [0.5, 0.6) is 0 Å². The van der Waals surface area contributed by atoms with E-state index in [4.69, 9.17) is 16.1 Å². The van der Waals surface area contributed by atoms with Crippen molar-refractivity contribution in [1.29, 1.82) is 0 Å². The quantitative estimate of drug-likeness (QED) is 0.869. The lowest BCUT2D eigenvalue weighted by atomic mass is 9.97. The Labute approximate surface area is 127 Å². The molecular weight excluding hydrogens is 293 g/mol. The second-order valence-corrected chi connectivity index (χ2v) is 5.86. The van der Waals surface area contributed by atoms with Crippen molar-refractivity contribution in [2.45, 2.75) is 32.2 Å². The van der Waals surface area contributed by atoms with Crippen molar-refractivity contribution in [2.75, 3.05) is 13.1 Å². The first kappa shape index (κ1) is 14.5. The second kappa shape index (κ2) is 6.12. The molecule has 0 spiro atoms. The van der Waals surface area contributed by atoms with E-state index in [2.05, 4.69) is 15.0 Å². The van der Waals surface area contributed by atoms with E-state index in [1.807, 2.05) is 6.92 Å². The minimum absolute atomic E-state index is 0.213. The van der Waals surface area contributed by atoms with E-state index in [0.717, 1.165) is 25.9 Å². The monoisotopic (exact) mass is 309 g/mol. The van der Waals surface area contributed by atoms with Crippen LogP contribution in [0.4, 0.5) is 4.39 Å². The Morgan fingerprint density at radius 3 is 3.05 bits per heavy atom. The van der Waals surface area contributed by atoms with Crippen LogP contribution in [0.15, 0.2) is 22.7 Å². The Morgan fingerprint density at radius 2 is 2.33 bits per heavy atom. The lowest BCUT2D eigenvalue weighted by Gasteiger charge is -2.31. The van der Waals surface area contributed by atoms with Crippen molar-refractivity contribution in [3.63, 3.8) is 0 Å². The van der Waals surface area contributed by atoms with Gasteiger partial charge in [0.2, 0.25) is 5.89 Å². The standard InChI is InChI=1S/C15H17ClFN3O/c1-10-18-15(21-19-10)11-4-3-7-20(8-11)9-12-13(16)5-2-6-14(12)17/h2,5-6,11H,3-4,7-9H2,1H3/t11-/m0/s1. The van der Waals surface area contributed by atoms with E-state index in [1.54, 1.807) is 12.1 Å². The zero-order valence-corrected chi connectivity index (χ0v) is 12.6. The summed E-state index contributed by atoms with van der Waals surface area (Å²) in [6.07, 6.45) is 2.04. The van der Waals surface area contributed by atoms with Gasteiger partial charge in [-0.1, -0.05) is 22.8 Å². The molecule has 6 heteroatoms. The van der Waals surface area contributed by atoms with Crippen molar-refractivity contribution in [1.82, 2.24) is 15.0 Å². The van der Waals surface area contributed by atoms with Crippen LogP contribution in [0, 0.1) is 12.7 Å². The minimum atomic E-state index is -0.252. The molecule has 1 aromatic heterocycles. The number of hydrogen-bond donors (Lipinski definition) is 0. The highest BCUT2D eigenvalue weighted by molar-refractivity contribution is 6.31. The molecule has 0 saturated carbocycles. The van der Waals surface area contributed by atoms with Crippen LogP contribution in [-0.2, 0) is 6.54 Å². The van der Waals surface area contributed by atoms with Crippen LogP contribution >= 0.6 is 11.6 Å². The third-order valence-corrected chi connectivity index (χ3v) is 4.20. The van der Waals surface area contributed by atoms with Crippen LogP contribution < -0.4 is 0 Å². The smallest absolute Gasteiger partial charge is 0.231 e. The van der Waals surface area contributed by atoms with Crippen LogP contribution in [0.2, 0.25) is 5.02 Å². The Kier molecular flexibility index (Phi) is 4.22. The van der Waals surface area contributed by atoms with Gasteiger partial charge in [-0.2, -0.15) is 4.98 Å². The molecule has 0 radical (unpaired) electrons. The van der Waals surface area contributed by atoms with Crippen molar-refractivity contribution in [3.8, 4) is 0 Å². The molecule has 1 aliphatic rings. The Balaban J connectivity index is 1.72. The SMILES string of the molecule is Cc1noc([C@H]2CCCN(Cc3c(F)cccc3Cl)C2)n1. The third-order valence-electron chi connectivity index (χ3n) is 3.84. The molecule has 1 fully saturated rings. The van der Waals surface area contributed by atoms with Gasteiger partial charge < -0.3 is 4.52 Å². The summed E-state index contributed by atoms with van der Waals surface area (Å²) < 4.78 is 19.1. The average molecular weight is 310 g/mol. The van der Waals surface area contributed by atoms with Gasteiger partial charge in [-0.3, -0.25) is 4.90 Å². The first-order valence-corrected chi connectivity index (χ1v) is 7.46. The summed E-state index contributed by atoms with van der Waals surface area (Å²) in [5.41, 5.74) is 0.557. The highest BCUT2D eigenvalue weighted by Gasteiger charge is 2.26. The van der Waals surface area contributed by atoms with E-state index >= 15 is 0 Å². The topological polar surface area (TPSA) is 42.2 Å². The molecule has 0 amide bonds. The molecule has 1 saturated heterocycles. The highest BCUT2D eigenvalue weighted by Crippen LogP contribution is 2.28. The normalized spacial score (nSPS) is 19.9. The van der Waals surface area contributed by atoms with Crippen molar-refractivity contribution < 1.29 is 8.91 Å². The summed E-state index contributed by atoms with van der Waals surface area (Å²) in [5, 5.41) is 4.32. The number of likely N-dealkylation sites (tertiary alicyclic amines) is 1. The molecule has 112 valence electrons. The molecular formula is C15H17ClFN3O. The molecule has 0 bridgehead atoms. The Hall–Kier alpha value is -1.46. The zero-order valence-electron chi connectivity index (χ0n) is 11.9. The van der Waals surface area contributed by atoms with Crippen molar-refractivity contribution in [2.24, 2.45) is 0 Å². The largest absolute Gasteiger partial charge is 0.339 e. The fraction of sp³-hybridized carbons (Fsp3) is 0.467. The summed E-state index contributed by atoms with van der Waals surface area (Å²) >= 11 is 6.10. The number of benzene rings is 1. The maximum Gasteiger partial charge on any atom is 0.231 e. The molecule has 3 rings (SSSR count). The van der Waals surface area contributed by atoms with Gasteiger partial charge >= 0.3 is 0 Å². The summed E-state index contributed by atoms with van der Waals surface area (Å²) in [7, 11) is 0. The molecule has 0 aliphatic carbocycles. The Morgan fingerprint density at radius 1 is 1.48 bits per heavy atom. The van der Waals surface area contributed by atoms with Gasteiger partial charge in [0.1, 0.15) is 5.82 Å². The summed E-state index contributed by atoms with van der Waals surface area (Å²) in [5.74, 6) is 1.29. The predicted molar refractivity (Wildman–Crippen MR) is 77.7 cm³/mol. The minimum Gasteiger partial charge on any atom is -0.339 e. The number of aryl methyl sites for hydroxylation is 1. The molecule has 0 unspecified atom stereocenters. The van der Waals surface area contributed by atoms with Crippen LogP contribution in [0.3, 0.4) is 0 Å². The predicted octanol–water partition coefficient (Wildman–Crippen LogP) is 3.55. The molecule has 2 aromatic rings. The van der Waals surface area contributed by atoms with E-state index in [9.17, 15) is 4.39 Å². The molecule has 1 atom stereocenters. The third kappa shape index (κ3) is 3.24. The molecule has 1 aliphatic heterocycles. The summed E-state index contributed by atoms with van der Waals surface area (Å²) in [4.78, 5) is 6.50. The van der Waals surface area contributed by atoms with Gasteiger partial charge in [0, 0.05) is 23.7 Å². The fourth-order valence-electron chi connectivity index (χ4n) is 2.79. The zero-order chi connectivity index (χ0) is 14.8. The molecule has 2 heterocycles. The lowest BCUT2D eigenvalue weighted by Crippen LogP contribution is -2.34. The second-order valence-electron chi connectivity index (χ2n) is 5.45. The molecule has 21 heavy (non-hydrogen) atoms. The fourth-order valence-corrected chi connectivity index (χ4v) is 3.01. The van der Waals surface area contributed by atoms with E-state index in [-0.39, 0.29) is 11.7 Å². The first-order valence-electron chi connectivity index (χ1n) is 7.09. The summed E-state index contributed by atoms with van der Waals surface area (Å²) in [6.45, 7) is 4.03. The molecule has 0 N–H and O–H groups in total. The number of piperidine rings is 1. The number of halogens is 2. The first-order chi connectivity index (χ1) is 10.1. The van der Waals surface area contributed by atoms with Gasteiger partial charge in [-0.25, -0.2) is 4.39 Å². The average Bonchev–Trinajstić information content (AvgIpc) is 2.90. The maximum atomic E-state index is 13.9. The van der Waals surface area contributed by atoms with Gasteiger partial charge in [-0.15, -0.1) is 0 Å². The molecule has 4 nitrogen and oxygen atoms in total.